The fraction of sp³-hybridized carbons (Fsp3) is 0.391. The van der Waals surface area contributed by atoms with E-state index in [0.29, 0.717) is 23.3 Å². The largest absolute Gasteiger partial charge is 0.496 e. The number of carbonyl (C=O) groups excluding carboxylic acids is 2. The molecule has 0 saturated carbocycles. The monoisotopic (exact) mass is 477 g/mol. The number of amides is 3. The number of ether oxygens (including phenoxy) is 2. The lowest BCUT2D eigenvalue weighted by Gasteiger charge is -2.21. The SMILES string of the molecule is CNC(=O)NS(=O)(=O)c1cc(CCNC(=O)c2cc(C(C)(C)C)ccc2OC)ccc1OC. The highest BCUT2D eigenvalue weighted by molar-refractivity contribution is 7.90. The Balaban J connectivity index is 2.18. The molecule has 2 aromatic carbocycles. The van der Waals surface area contributed by atoms with Crippen LogP contribution in [0.4, 0.5) is 4.79 Å². The predicted octanol–water partition coefficient (Wildman–Crippen LogP) is 2.59. The third-order valence-corrected chi connectivity index (χ3v) is 6.33. The van der Waals surface area contributed by atoms with Crippen molar-refractivity contribution in [3.8, 4) is 11.5 Å². The van der Waals surface area contributed by atoms with Gasteiger partial charge in [0.15, 0.2) is 0 Å². The first-order valence-corrected chi connectivity index (χ1v) is 11.8. The van der Waals surface area contributed by atoms with Crippen LogP contribution >= 0.6 is 0 Å². The fourth-order valence-electron chi connectivity index (χ4n) is 3.08. The number of hydrogen-bond acceptors (Lipinski definition) is 6. The summed E-state index contributed by atoms with van der Waals surface area (Å²) in [6.45, 7) is 6.44. The Morgan fingerprint density at radius 2 is 1.61 bits per heavy atom. The Kier molecular flexibility index (Phi) is 8.32. The lowest BCUT2D eigenvalue weighted by atomic mass is 9.86. The second-order valence-electron chi connectivity index (χ2n) is 8.34. The molecule has 0 heterocycles. The van der Waals surface area contributed by atoms with E-state index >= 15 is 0 Å². The van der Waals surface area contributed by atoms with Crippen LogP contribution in [0.1, 0.15) is 42.3 Å². The maximum Gasteiger partial charge on any atom is 0.328 e. The minimum atomic E-state index is -4.14. The first kappa shape index (κ1) is 26.0. The molecule has 0 aliphatic rings. The highest BCUT2D eigenvalue weighted by Crippen LogP contribution is 2.28. The molecule has 180 valence electrons. The number of hydrogen-bond donors (Lipinski definition) is 3. The van der Waals surface area contributed by atoms with Crippen molar-refractivity contribution in [2.24, 2.45) is 0 Å². The third-order valence-electron chi connectivity index (χ3n) is 4.98. The number of rotatable bonds is 8. The molecule has 0 atom stereocenters. The second kappa shape index (κ2) is 10.6. The Hall–Kier alpha value is -3.27. The summed E-state index contributed by atoms with van der Waals surface area (Å²) in [4.78, 5) is 24.1. The molecule has 0 unspecified atom stereocenters. The average molecular weight is 478 g/mol. The molecule has 2 aromatic rings. The molecule has 0 bridgehead atoms. The number of benzene rings is 2. The zero-order valence-electron chi connectivity index (χ0n) is 19.7. The van der Waals surface area contributed by atoms with Crippen molar-refractivity contribution in [2.75, 3.05) is 27.8 Å². The van der Waals surface area contributed by atoms with Crippen molar-refractivity contribution in [1.29, 1.82) is 0 Å². The molecule has 0 spiro atoms. The van der Waals surface area contributed by atoms with Crippen molar-refractivity contribution in [3.63, 3.8) is 0 Å². The van der Waals surface area contributed by atoms with E-state index in [1.165, 1.54) is 33.4 Å². The fourth-order valence-corrected chi connectivity index (χ4v) is 4.26. The van der Waals surface area contributed by atoms with E-state index in [9.17, 15) is 18.0 Å². The molecule has 0 aromatic heterocycles. The summed E-state index contributed by atoms with van der Waals surface area (Å²) in [5.74, 6) is 0.280. The van der Waals surface area contributed by atoms with Crippen molar-refractivity contribution in [2.45, 2.75) is 37.5 Å². The van der Waals surface area contributed by atoms with Crippen LogP contribution in [0, 0.1) is 0 Å². The van der Waals surface area contributed by atoms with Crippen molar-refractivity contribution < 1.29 is 27.5 Å². The summed E-state index contributed by atoms with van der Waals surface area (Å²) in [5, 5.41) is 5.05. The molecular formula is C23H31N3O6S. The zero-order chi connectivity index (χ0) is 24.8. The Morgan fingerprint density at radius 3 is 2.18 bits per heavy atom. The van der Waals surface area contributed by atoms with Gasteiger partial charge in [-0.2, -0.15) is 0 Å². The molecule has 9 nitrogen and oxygen atoms in total. The van der Waals surface area contributed by atoms with Crippen LogP contribution in [0.3, 0.4) is 0 Å². The van der Waals surface area contributed by atoms with Gasteiger partial charge in [0.2, 0.25) is 0 Å². The molecule has 0 aliphatic heterocycles. The van der Waals surface area contributed by atoms with Crippen molar-refractivity contribution >= 4 is 22.0 Å². The first-order chi connectivity index (χ1) is 15.4. The van der Waals surface area contributed by atoms with Gasteiger partial charge in [-0.25, -0.2) is 17.9 Å². The lowest BCUT2D eigenvalue weighted by Crippen LogP contribution is -2.37. The molecule has 0 aliphatic carbocycles. The quantitative estimate of drug-likeness (QED) is 0.537. The maximum absolute atomic E-state index is 12.8. The average Bonchev–Trinajstić information content (AvgIpc) is 2.77. The van der Waals surface area contributed by atoms with E-state index in [1.54, 1.807) is 12.1 Å². The summed E-state index contributed by atoms with van der Waals surface area (Å²) < 4.78 is 37.5. The van der Waals surface area contributed by atoms with Crippen LogP contribution in [0.15, 0.2) is 41.3 Å². The summed E-state index contributed by atoms with van der Waals surface area (Å²) in [7, 11) is 0.0224. The third kappa shape index (κ3) is 6.61. The van der Waals surface area contributed by atoms with Gasteiger partial charge in [0.25, 0.3) is 15.9 Å². The van der Waals surface area contributed by atoms with Crippen LogP contribution < -0.4 is 24.8 Å². The van der Waals surface area contributed by atoms with E-state index in [4.69, 9.17) is 9.47 Å². The Labute approximate surface area is 194 Å². The van der Waals surface area contributed by atoms with E-state index in [-0.39, 0.29) is 28.5 Å². The second-order valence-corrected chi connectivity index (χ2v) is 9.99. The van der Waals surface area contributed by atoms with Crippen LogP contribution in [-0.2, 0) is 21.9 Å². The van der Waals surface area contributed by atoms with Gasteiger partial charge in [-0.15, -0.1) is 0 Å². The topological polar surface area (TPSA) is 123 Å². The van der Waals surface area contributed by atoms with Gasteiger partial charge < -0.3 is 20.1 Å². The Morgan fingerprint density at radius 1 is 0.970 bits per heavy atom. The number of urea groups is 1. The van der Waals surface area contributed by atoms with Gasteiger partial charge in [0.05, 0.1) is 19.8 Å². The molecule has 3 amide bonds. The molecule has 2 rings (SSSR count). The minimum Gasteiger partial charge on any atom is -0.496 e. The Bertz CT molecular complexity index is 1120. The van der Waals surface area contributed by atoms with Crippen molar-refractivity contribution in [3.05, 3.63) is 53.1 Å². The molecule has 0 radical (unpaired) electrons. The van der Waals surface area contributed by atoms with Gasteiger partial charge in [-0.3, -0.25) is 4.79 Å². The van der Waals surface area contributed by atoms with Crippen LogP contribution in [0.25, 0.3) is 0 Å². The summed E-state index contributed by atoms with van der Waals surface area (Å²) in [6, 6.07) is 9.28. The van der Waals surface area contributed by atoms with Crippen LogP contribution in [-0.4, -0.2) is 48.2 Å². The van der Waals surface area contributed by atoms with Crippen molar-refractivity contribution in [1.82, 2.24) is 15.4 Å². The smallest absolute Gasteiger partial charge is 0.328 e. The number of methoxy groups -OCH3 is 2. The maximum atomic E-state index is 12.8. The lowest BCUT2D eigenvalue weighted by molar-refractivity contribution is 0.0951. The molecule has 0 fully saturated rings. The summed E-state index contributed by atoms with van der Waals surface area (Å²) in [5.41, 5.74) is 1.94. The van der Waals surface area contributed by atoms with E-state index in [2.05, 4.69) is 31.4 Å². The minimum absolute atomic E-state index is 0.0999. The highest BCUT2D eigenvalue weighted by Gasteiger charge is 2.23. The molecule has 33 heavy (non-hydrogen) atoms. The van der Waals surface area contributed by atoms with E-state index in [1.807, 2.05) is 16.9 Å². The van der Waals surface area contributed by atoms with E-state index < -0.39 is 16.1 Å². The number of nitrogens with one attached hydrogen (secondary N) is 3. The van der Waals surface area contributed by atoms with Gasteiger partial charge in [-0.1, -0.05) is 32.9 Å². The van der Waals surface area contributed by atoms with E-state index in [0.717, 1.165) is 5.56 Å². The zero-order valence-corrected chi connectivity index (χ0v) is 20.6. The summed E-state index contributed by atoms with van der Waals surface area (Å²) in [6.07, 6.45) is 0.361. The van der Waals surface area contributed by atoms with Crippen LogP contribution in [0.5, 0.6) is 11.5 Å². The molecule has 3 N–H and O–H groups in total. The highest BCUT2D eigenvalue weighted by atomic mass is 32.2. The molecule has 0 saturated heterocycles. The standard InChI is InChI=1S/C23H31N3O6S/c1-23(2,3)16-8-10-18(31-5)17(14-16)21(27)25-12-11-15-7-9-19(32-6)20(13-15)33(29,30)26-22(28)24-4/h7-10,13-14H,11-12H2,1-6H3,(H,25,27)(H2,24,26,28). The number of sulfonamides is 1. The normalized spacial score (nSPS) is 11.5. The predicted molar refractivity (Wildman–Crippen MR) is 126 cm³/mol. The molecular weight excluding hydrogens is 446 g/mol. The van der Waals surface area contributed by atoms with Gasteiger partial charge in [0, 0.05) is 13.6 Å². The molecule has 10 heteroatoms. The first-order valence-electron chi connectivity index (χ1n) is 10.3. The summed E-state index contributed by atoms with van der Waals surface area (Å²) >= 11 is 0. The van der Waals surface area contributed by atoms with Crippen LogP contribution in [0.2, 0.25) is 0 Å². The van der Waals surface area contributed by atoms with Gasteiger partial charge in [0.1, 0.15) is 16.4 Å². The number of carbonyl (C=O) groups is 2. The van der Waals surface area contributed by atoms with Gasteiger partial charge >= 0.3 is 6.03 Å². The van der Waals surface area contributed by atoms with Gasteiger partial charge in [-0.05, 0) is 47.2 Å².